The fraction of sp³-hybridized carbons (Fsp3) is 0.500. The fourth-order valence-corrected chi connectivity index (χ4v) is 9.07. The highest BCUT2D eigenvalue weighted by Gasteiger charge is 2.33. The van der Waals surface area contributed by atoms with E-state index in [4.69, 9.17) is 0 Å². The highest BCUT2D eigenvalue weighted by molar-refractivity contribution is 5.50. The molecule has 0 aliphatic rings. The van der Waals surface area contributed by atoms with Gasteiger partial charge in [0.25, 0.3) is 0 Å². The molecule has 0 spiro atoms. The first-order valence-electron chi connectivity index (χ1n) is 22.5. The van der Waals surface area contributed by atoms with Crippen LogP contribution in [-0.2, 0) is 17.3 Å². The quantitative estimate of drug-likeness (QED) is 0.0632. The van der Waals surface area contributed by atoms with Crippen LogP contribution < -0.4 is 0 Å². The van der Waals surface area contributed by atoms with Crippen molar-refractivity contribution in [1.82, 2.24) is 0 Å². The second kappa shape index (κ2) is 21.5. The highest BCUT2D eigenvalue weighted by atomic mass is 16.3. The van der Waals surface area contributed by atoms with Crippen LogP contribution in [0.1, 0.15) is 169 Å². The summed E-state index contributed by atoms with van der Waals surface area (Å²) < 4.78 is 0. The number of phenols is 2. The number of rotatable bonds is 17. The minimum absolute atomic E-state index is 0.0289. The van der Waals surface area contributed by atoms with Gasteiger partial charge in [0.15, 0.2) is 0 Å². The van der Waals surface area contributed by atoms with Gasteiger partial charge >= 0.3 is 0 Å². The lowest BCUT2D eigenvalue weighted by Gasteiger charge is -2.34. The molecule has 4 rings (SSSR count). The lowest BCUT2D eigenvalue weighted by Crippen LogP contribution is -2.29. The number of allylic oxidation sites excluding steroid dienone is 1. The molecule has 4 heteroatoms. The number of hydrogen-bond acceptors (Lipinski definition) is 4. The van der Waals surface area contributed by atoms with E-state index in [9.17, 15) is 20.4 Å². The third-order valence-corrected chi connectivity index (χ3v) is 13.8. The molecular formula is C56H78O4. The average Bonchev–Trinajstić information content (AvgIpc) is 3.21. The number of aromatic hydroxyl groups is 2. The number of aryl methyl sites for hydroxylation is 5. The Hall–Kier alpha value is -4.30. The van der Waals surface area contributed by atoms with E-state index in [0.29, 0.717) is 17.9 Å². The standard InChI is InChI=1S/C28H42O2.C28H36O2/c2*1-8-17-27(6,7)26(30)16-12-22-11-13-23(18-20(22)4)28(9-2,10-3)24-14-15-25(29)21(5)19-24/h11,13-15,18-19,26,29-30H,8-10,12,16-17H2,1-7H3;8,11,13-15,18-19,26,29-30H,1,9-10,17H2,2-7H3. The molecule has 0 fully saturated rings. The van der Waals surface area contributed by atoms with Gasteiger partial charge in [-0.15, -0.1) is 6.58 Å². The van der Waals surface area contributed by atoms with Crippen LogP contribution >= 0.6 is 0 Å². The van der Waals surface area contributed by atoms with Crippen molar-refractivity contribution in [3.63, 3.8) is 0 Å². The Morgan fingerprint density at radius 2 is 1.03 bits per heavy atom. The third-order valence-electron chi connectivity index (χ3n) is 13.8. The van der Waals surface area contributed by atoms with Gasteiger partial charge in [-0.05, 0) is 153 Å². The SMILES string of the molecule is C=CCC(C)(C)C(O)C#Cc1ccc(C(CC)(CC)c2ccc(O)c(C)c2)cc1C.CCCC(C)(C)C(O)CCc1ccc(C(CC)(CC)c2ccc(O)c(C)c2)cc1C. The lowest BCUT2D eigenvalue weighted by molar-refractivity contribution is 0.0369. The Kier molecular flexibility index (Phi) is 17.9. The molecular weight excluding hydrogens is 737 g/mol. The minimum atomic E-state index is -0.708. The molecule has 2 atom stereocenters. The van der Waals surface area contributed by atoms with Crippen LogP contribution in [-0.4, -0.2) is 32.6 Å². The molecule has 0 aliphatic heterocycles. The molecule has 0 aromatic heterocycles. The van der Waals surface area contributed by atoms with Crippen LogP contribution in [0.3, 0.4) is 0 Å². The zero-order valence-corrected chi connectivity index (χ0v) is 39.5. The predicted molar refractivity (Wildman–Crippen MR) is 255 cm³/mol. The molecule has 4 N–H and O–H groups in total. The van der Waals surface area contributed by atoms with Crippen molar-refractivity contribution in [2.75, 3.05) is 0 Å². The maximum absolute atomic E-state index is 10.7. The van der Waals surface area contributed by atoms with Crippen molar-refractivity contribution >= 4 is 0 Å². The summed E-state index contributed by atoms with van der Waals surface area (Å²) in [7, 11) is 0. The van der Waals surface area contributed by atoms with E-state index in [1.807, 2.05) is 45.9 Å². The number of benzene rings is 4. The normalized spacial score (nSPS) is 13.1. The average molecular weight is 815 g/mol. The second-order valence-corrected chi connectivity index (χ2v) is 18.7. The van der Waals surface area contributed by atoms with Crippen LogP contribution in [0.2, 0.25) is 0 Å². The molecule has 4 aromatic carbocycles. The number of aliphatic hydroxyl groups excluding tert-OH is 2. The smallest absolute Gasteiger partial charge is 0.120 e. The van der Waals surface area contributed by atoms with Crippen molar-refractivity contribution in [3.05, 3.63) is 141 Å². The molecule has 0 amide bonds. The van der Waals surface area contributed by atoms with Crippen molar-refractivity contribution < 1.29 is 20.4 Å². The van der Waals surface area contributed by atoms with Gasteiger partial charge in [-0.25, -0.2) is 0 Å². The summed E-state index contributed by atoms with van der Waals surface area (Å²) in [6, 6.07) is 25.3. The summed E-state index contributed by atoms with van der Waals surface area (Å²) >= 11 is 0. The summed E-state index contributed by atoms with van der Waals surface area (Å²) in [5.74, 6) is 6.90. The largest absolute Gasteiger partial charge is 0.508 e. The van der Waals surface area contributed by atoms with E-state index >= 15 is 0 Å². The van der Waals surface area contributed by atoms with E-state index in [0.717, 1.165) is 73.6 Å². The van der Waals surface area contributed by atoms with Crippen molar-refractivity contribution in [1.29, 1.82) is 0 Å². The molecule has 0 saturated carbocycles. The fourth-order valence-electron chi connectivity index (χ4n) is 9.07. The van der Waals surface area contributed by atoms with Gasteiger partial charge < -0.3 is 20.4 Å². The molecule has 0 saturated heterocycles. The lowest BCUT2D eigenvalue weighted by atomic mass is 9.69. The first-order chi connectivity index (χ1) is 28.2. The molecule has 0 aliphatic carbocycles. The number of aliphatic hydroxyl groups is 2. The van der Waals surface area contributed by atoms with Crippen molar-refractivity contribution in [2.45, 2.75) is 171 Å². The Bertz CT molecular complexity index is 2080. The molecule has 0 radical (unpaired) electrons. The summed E-state index contributed by atoms with van der Waals surface area (Å²) in [6.45, 7) is 31.4. The predicted octanol–water partition coefficient (Wildman–Crippen LogP) is 13.7. The van der Waals surface area contributed by atoms with Crippen molar-refractivity contribution in [2.24, 2.45) is 10.8 Å². The van der Waals surface area contributed by atoms with Crippen molar-refractivity contribution in [3.8, 4) is 23.3 Å². The molecule has 60 heavy (non-hydrogen) atoms. The Morgan fingerprint density at radius 1 is 0.600 bits per heavy atom. The van der Waals surface area contributed by atoms with Crippen LogP contribution in [0.4, 0.5) is 0 Å². The van der Waals surface area contributed by atoms with Gasteiger partial charge in [-0.2, -0.15) is 0 Å². The minimum Gasteiger partial charge on any atom is -0.508 e. The maximum atomic E-state index is 10.7. The number of phenolic OH excluding ortho intramolecular Hbond substituents is 2. The van der Waals surface area contributed by atoms with Gasteiger partial charge in [0.2, 0.25) is 0 Å². The van der Waals surface area contributed by atoms with Crippen LogP contribution in [0, 0.1) is 50.4 Å². The Balaban J connectivity index is 0.000000320. The third kappa shape index (κ3) is 11.5. The summed E-state index contributed by atoms with van der Waals surface area (Å²) in [5, 5.41) is 41.1. The van der Waals surface area contributed by atoms with E-state index in [1.54, 1.807) is 6.07 Å². The second-order valence-electron chi connectivity index (χ2n) is 18.7. The van der Waals surface area contributed by atoms with Crippen LogP contribution in [0.5, 0.6) is 11.5 Å². The van der Waals surface area contributed by atoms with E-state index in [-0.39, 0.29) is 27.8 Å². The van der Waals surface area contributed by atoms with Gasteiger partial charge in [-0.1, -0.05) is 141 Å². The van der Waals surface area contributed by atoms with E-state index < -0.39 is 6.10 Å². The molecule has 0 bridgehead atoms. The Morgan fingerprint density at radius 3 is 1.43 bits per heavy atom. The maximum Gasteiger partial charge on any atom is 0.120 e. The first kappa shape index (κ1) is 50.1. The van der Waals surface area contributed by atoms with Gasteiger partial charge in [0, 0.05) is 21.8 Å². The first-order valence-corrected chi connectivity index (χ1v) is 22.5. The van der Waals surface area contributed by atoms with Crippen LogP contribution in [0.25, 0.3) is 0 Å². The van der Waals surface area contributed by atoms with E-state index in [2.05, 4.69) is 135 Å². The molecule has 4 nitrogen and oxygen atoms in total. The molecule has 4 aromatic rings. The van der Waals surface area contributed by atoms with Gasteiger partial charge in [-0.3, -0.25) is 0 Å². The summed E-state index contributed by atoms with van der Waals surface area (Å²) in [4.78, 5) is 0. The Labute approximate surface area is 365 Å². The molecule has 0 heterocycles. The monoisotopic (exact) mass is 815 g/mol. The number of hydrogen-bond donors (Lipinski definition) is 4. The summed E-state index contributed by atoms with van der Waals surface area (Å²) in [5.41, 5.74) is 11.1. The van der Waals surface area contributed by atoms with E-state index in [1.165, 1.54) is 33.4 Å². The van der Waals surface area contributed by atoms with Gasteiger partial charge in [0.05, 0.1) is 6.10 Å². The topological polar surface area (TPSA) is 80.9 Å². The molecule has 2 unspecified atom stereocenters. The highest BCUT2D eigenvalue weighted by Crippen LogP contribution is 2.42. The zero-order valence-electron chi connectivity index (χ0n) is 39.5. The van der Waals surface area contributed by atoms with Gasteiger partial charge in [0.1, 0.15) is 17.6 Å². The molecule has 326 valence electrons. The van der Waals surface area contributed by atoms with Crippen LogP contribution in [0.15, 0.2) is 85.5 Å². The summed E-state index contributed by atoms with van der Waals surface area (Å²) in [6.07, 6.45) is 9.36. The zero-order chi connectivity index (χ0) is 45.1.